The van der Waals surface area contributed by atoms with Crippen LogP contribution < -0.4 is 0 Å². The van der Waals surface area contributed by atoms with Gasteiger partial charge in [-0.3, -0.25) is 0 Å². The van der Waals surface area contributed by atoms with E-state index in [2.05, 4.69) is 16.9 Å². The van der Waals surface area contributed by atoms with Gasteiger partial charge in [0.2, 0.25) is 0 Å². The van der Waals surface area contributed by atoms with Gasteiger partial charge in [0.15, 0.2) is 0 Å². The molecule has 1 atom stereocenters. The molecule has 2 rings (SSSR count). The Balaban J connectivity index is 2.14. The Labute approximate surface area is 93.9 Å². The summed E-state index contributed by atoms with van der Waals surface area (Å²) in [6.45, 7) is 4.33. The fourth-order valence-corrected chi connectivity index (χ4v) is 3.14. The van der Waals surface area contributed by atoms with Crippen LogP contribution in [0.5, 0.6) is 0 Å². The molecule has 0 saturated carbocycles. The zero-order valence-electron chi connectivity index (χ0n) is 8.59. The highest BCUT2D eigenvalue weighted by molar-refractivity contribution is 7.16. The molecule has 2 heterocycles. The van der Waals surface area contributed by atoms with E-state index >= 15 is 0 Å². The van der Waals surface area contributed by atoms with E-state index in [1.165, 1.54) is 24.4 Å². The third-order valence-corrected chi connectivity index (χ3v) is 4.34. The Morgan fingerprint density at radius 2 is 2.36 bits per heavy atom. The molecule has 78 valence electrons. The van der Waals surface area contributed by atoms with Gasteiger partial charge >= 0.3 is 0 Å². The number of thiazole rings is 1. The number of aryl methyl sites for hydroxylation is 1. The summed E-state index contributed by atoms with van der Waals surface area (Å²) < 4.78 is 0.855. The fourth-order valence-electron chi connectivity index (χ4n) is 1.94. The van der Waals surface area contributed by atoms with Gasteiger partial charge in [-0.05, 0) is 33.4 Å². The molecule has 0 spiro atoms. The molecule has 4 heteroatoms. The number of hydrogen-bond acceptors (Lipinski definition) is 3. The molecule has 1 aromatic rings. The Hall–Kier alpha value is -0.120. The summed E-state index contributed by atoms with van der Waals surface area (Å²) in [5.41, 5.74) is 0.986. The lowest BCUT2D eigenvalue weighted by Crippen LogP contribution is -2.30. The smallest absolute Gasteiger partial charge is 0.116 e. The van der Waals surface area contributed by atoms with Crippen LogP contribution in [-0.2, 0) is 0 Å². The number of rotatable bonds is 1. The predicted octanol–water partition coefficient (Wildman–Crippen LogP) is 2.91. The Kier molecular flexibility index (Phi) is 3.10. The average molecular weight is 231 g/mol. The van der Waals surface area contributed by atoms with Crippen LogP contribution in [0.15, 0.2) is 0 Å². The maximum absolute atomic E-state index is 6.03. The van der Waals surface area contributed by atoms with Gasteiger partial charge in [-0.25, -0.2) is 4.98 Å². The Morgan fingerprint density at radius 1 is 1.57 bits per heavy atom. The molecule has 1 aliphatic heterocycles. The molecular weight excluding hydrogens is 216 g/mol. The van der Waals surface area contributed by atoms with Crippen molar-refractivity contribution in [3.63, 3.8) is 0 Å². The highest BCUT2D eigenvalue weighted by Crippen LogP contribution is 2.33. The van der Waals surface area contributed by atoms with Crippen LogP contribution in [0.3, 0.4) is 0 Å². The monoisotopic (exact) mass is 230 g/mol. The summed E-state index contributed by atoms with van der Waals surface area (Å²) in [5.74, 6) is 0.602. The maximum atomic E-state index is 6.03. The summed E-state index contributed by atoms with van der Waals surface area (Å²) in [4.78, 5) is 6.90. The minimum absolute atomic E-state index is 0.602. The molecule has 0 aromatic carbocycles. The Bertz CT molecular complexity index is 304. The number of likely N-dealkylation sites (tertiary alicyclic amines) is 1. The molecule has 1 unspecified atom stereocenters. The van der Waals surface area contributed by atoms with Crippen molar-refractivity contribution < 1.29 is 0 Å². The summed E-state index contributed by atoms with van der Waals surface area (Å²) in [6.07, 6.45) is 2.53. The van der Waals surface area contributed by atoms with Crippen molar-refractivity contribution in [2.45, 2.75) is 25.7 Å². The van der Waals surface area contributed by atoms with Crippen LogP contribution in [0.1, 0.15) is 29.5 Å². The van der Waals surface area contributed by atoms with Gasteiger partial charge in [-0.1, -0.05) is 11.6 Å². The first-order valence-corrected chi connectivity index (χ1v) is 6.17. The molecule has 0 amide bonds. The lowest BCUT2D eigenvalue weighted by molar-refractivity contribution is 0.250. The third-order valence-electron chi connectivity index (χ3n) is 2.73. The number of halogens is 1. The molecule has 0 bridgehead atoms. The van der Waals surface area contributed by atoms with Crippen molar-refractivity contribution in [1.29, 1.82) is 0 Å². The highest BCUT2D eigenvalue weighted by Gasteiger charge is 2.22. The van der Waals surface area contributed by atoms with Crippen molar-refractivity contribution in [3.05, 3.63) is 15.0 Å². The number of likely N-dealkylation sites (N-methyl/N-ethyl adjacent to an activating group) is 1. The average Bonchev–Trinajstić information content (AvgIpc) is 2.47. The van der Waals surface area contributed by atoms with Crippen molar-refractivity contribution in [2.75, 3.05) is 20.1 Å². The highest BCUT2D eigenvalue weighted by atomic mass is 35.5. The number of hydrogen-bond donors (Lipinski definition) is 0. The molecular formula is C10H15ClN2S. The number of aromatic nitrogens is 1. The van der Waals surface area contributed by atoms with Crippen molar-refractivity contribution >= 4 is 22.9 Å². The van der Waals surface area contributed by atoms with Crippen LogP contribution in [0, 0.1) is 6.92 Å². The van der Waals surface area contributed by atoms with Gasteiger partial charge in [0.1, 0.15) is 4.34 Å². The van der Waals surface area contributed by atoms with Gasteiger partial charge in [-0.2, -0.15) is 0 Å². The van der Waals surface area contributed by atoms with Crippen molar-refractivity contribution in [2.24, 2.45) is 0 Å². The maximum Gasteiger partial charge on any atom is 0.116 e. The van der Waals surface area contributed by atoms with Gasteiger partial charge in [0, 0.05) is 12.5 Å². The number of piperidine rings is 1. The summed E-state index contributed by atoms with van der Waals surface area (Å²) in [5, 5.41) is 1.22. The first kappa shape index (κ1) is 10.4. The predicted molar refractivity (Wildman–Crippen MR) is 61.3 cm³/mol. The molecule has 0 radical (unpaired) electrons. The zero-order valence-corrected chi connectivity index (χ0v) is 10.2. The lowest BCUT2D eigenvalue weighted by atomic mass is 9.99. The summed E-state index contributed by atoms with van der Waals surface area (Å²) in [6, 6.07) is 0. The standard InChI is InChI=1S/C10H15ClN2S/c1-7-9(11)14-10(12-7)8-4-3-5-13(2)6-8/h8H,3-6H2,1-2H3. The largest absolute Gasteiger partial charge is 0.306 e. The third kappa shape index (κ3) is 2.10. The van der Waals surface area contributed by atoms with E-state index in [0.29, 0.717) is 5.92 Å². The van der Waals surface area contributed by atoms with E-state index in [1.807, 2.05) is 6.92 Å². The molecule has 1 aliphatic rings. The van der Waals surface area contributed by atoms with Crippen LogP contribution in [0.2, 0.25) is 4.34 Å². The van der Waals surface area contributed by atoms with E-state index in [0.717, 1.165) is 16.6 Å². The Morgan fingerprint density at radius 3 is 2.93 bits per heavy atom. The molecule has 1 fully saturated rings. The minimum Gasteiger partial charge on any atom is -0.306 e. The van der Waals surface area contributed by atoms with E-state index in [4.69, 9.17) is 11.6 Å². The lowest BCUT2D eigenvalue weighted by Gasteiger charge is -2.28. The van der Waals surface area contributed by atoms with Gasteiger partial charge < -0.3 is 4.90 Å². The van der Waals surface area contributed by atoms with Crippen LogP contribution >= 0.6 is 22.9 Å². The second-order valence-electron chi connectivity index (χ2n) is 4.01. The van der Waals surface area contributed by atoms with Gasteiger partial charge in [0.05, 0.1) is 10.7 Å². The van der Waals surface area contributed by atoms with E-state index in [-0.39, 0.29) is 0 Å². The summed E-state index contributed by atoms with van der Waals surface area (Å²) in [7, 11) is 2.17. The van der Waals surface area contributed by atoms with Gasteiger partial charge in [-0.15, -0.1) is 11.3 Å². The van der Waals surface area contributed by atoms with E-state index in [9.17, 15) is 0 Å². The molecule has 0 N–H and O–H groups in total. The molecule has 0 aliphatic carbocycles. The van der Waals surface area contributed by atoms with Gasteiger partial charge in [0.25, 0.3) is 0 Å². The summed E-state index contributed by atoms with van der Waals surface area (Å²) >= 11 is 7.68. The second-order valence-corrected chi connectivity index (χ2v) is 5.65. The van der Waals surface area contributed by atoms with Crippen LogP contribution in [0.25, 0.3) is 0 Å². The first-order chi connectivity index (χ1) is 6.66. The van der Waals surface area contributed by atoms with E-state index in [1.54, 1.807) is 11.3 Å². The quantitative estimate of drug-likeness (QED) is 0.738. The fraction of sp³-hybridized carbons (Fsp3) is 0.700. The first-order valence-electron chi connectivity index (χ1n) is 4.98. The van der Waals surface area contributed by atoms with E-state index < -0.39 is 0 Å². The topological polar surface area (TPSA) is 16.1 Å². The minimum atomic E-state index is 0.602. The SMILES string of the molecule is Cc1nc(C2CCCN(C)C2)sc1Cl. The zero-order chi connectivity index (χ0) is 10.1. The molecule has 2 nitrogen and oxygen atoms in total. The van der Waals surface area contributed by atoms with Crippen LogP contribution in [0.4, 0.5) is 0 Å². The number of nitrogens with zero attached hydrogens (tertiary/aromatic N) is 2. The molecule has 1 aromatic heterocycles. The van der Waals surface area contributed by atoms with Crippen molar-refractivity contribution in [3.8, 4) is 0 Å². The second kappa shape index (κ2) is 4.17. The molecule has 1 saturated heterocycles. The van der Waals surface area contributed by atoms with Crippen LogP contribution in [-0.4, -0.2) is 30.0 Å². The normalized spacial score (nSPS) is 24.1. The van der Waals surface area contributed by atoms with Crippen molar-refractivity contribution in [1.82, 2.24) is 9.88 Å². The molecule has 14 heavy (non-hydrogen) atoms.